The summed E-state index contributed by atoms with van der Waals surface area (Å²) in [7, 11) is -3.54. The fraction of sp³-hybridized carbons (Fsp3) is 0.368. The van der Waals surface area contributed by atoms with Gasteiger partial charge in [-0.2, -0.15) is 9.57 Å². The van der Waals surface area contributed by atoms with Crippen LogP contribution < -0.4 is 0 Å². The van der Waals surface area contributed by atoms with Gasteiger partial charge in [-0.25, -0.2) is 13.4 Å². The van der Waals surface area contributed by atoms with E-state index in [2.05, 4.69) is 28.1 Å². The molecular weight excluding hydrogens is 380 g/mol. The highest BCUT2D eigenvalue weighted by atomic mass is 32.2. The third-order valence-corrected chi connectivity index (χ3v) is 7.23. The van der Waals surface area contributed by atoms with E-state index in [4.69, 9.17) is 5.26 Å². The summed E-state index contributed by atoms with van der Waals surface area (Å²) in [6.45, 7) is 4.96. The van der Waals surface area contributed by atoms with Crippen LogP contribution in [0.1, 0.15) is 12.5 Å². The van der Waals surface area contributed by atoms with Crippen molar-refractivity contribution >= 4 is 21.8 Å². The maximum atomic E-state index is 12.9. The number of benzene rings is 1. The third-order valence-electron chi connectivity index (χ3n) is 4.41. The normalized spacial score (nSPS) is 17.3. The van der Waals surface area contributed by atoms with Crippen molar-refractivity contribution in [3.63, 3.8) is 0 Å². The molecular formula is C19H22N4O2S2. The van der Waals surface area contributed by atoms with Crippen LogP contribution in [0.3, 0.4) is 0 Å². The SMILES string of the molecule is C[C@H](C#N)Sc1ccc(S(=O)(=O)N2CCN(Cc3ccccc3)CC2)cn1. The Morgan fingerprint density at radius 2 is 1.85 bits per heavy atom. The predicted octanol–water partition coefficient (Wildman–Crippen LogP) is 2.59. The van der Waals surface area contributed by atoms with Gasteiger partial charge in [0.25, 0.3) is 0 Å². The maximum Gasteiger partial charge on any atom is 0.244 e. The van der Waals surface area contributed by atoms with Crippen molar-refractivity contribution in [1.29, 1.82) is 5.26 Å². The summed E-state index contributed by atoms with van der Waals surface area (Å²) in [5.41, 5.74) is 1.23. The molecule has 0 amide bonds. The molecule has 1 aromatic heterocycles. The fourth-order valence-electron chi connectivity index (χ4n) is 2.92. The minimum atomic E-state index is -3.54. The Morgan fingerprint density at radius 3 is 2.44 bits per heavy atom. The number of nitriles is 1. The van der Waals surface area contributed by atoms with Gasteiger partial charge >= 0.3 is 0 Å². The molecule has 0 bridgehead atoms. The quantitative estimate of drug-likeness (QED) is 0.691. The smallest absolute Gasteiger partial charge is 0.244 e. The number of pyridine rings is 1. The minimum Gasteiger partial charge on any atom is -0.296 e. The minimum absolute atomic E-state index is 0.202. The molecule has 6 nitrogen and oxygen atoms in total. The van der Waals surface area contributed by atoms with Crippen molar-refractivity contribution in [2.75, 3.05) is 26.2 Å². The van der Waals surface area contributed by atoms with Crippen molar-refractivity contribution in [1.82, 2.24) is 14.2 Å². The summed E-state index contributed by atoms with van der Waals surface area (Å²) in [6.07, 6.45) is 1.39. The second kappa shape index (κ2) is 8.85. The van der Waals surface area contributed by atoms with Gasteiger partial charge in [0.05, 0.1) is 16.3 Å². The van der Waals surface area contributed by atoms with Gasteiger partial charge < -0.3 is 0 Å². The second-order valence-corrected chi connectivity index (χ2v) is 9.69. The molecule has 1 aromatic carbocycles. The van der Waals surface area contributed by atoms with Crippen LogP contribution in [0.15, 0.2) is 58.6 Å². The lowest BCUT2D eigenvalue weighted by molar-refractivity contribution is 0.181. The van der Waals surface area contributed by atoms with Gasteiger partial charge in [0.1, 0.15) is 4.90 Å². The summed E-state index contributed by atoms with van der Waals surface area (Å²) >= 11 is 1.31. The molecule has 1 aliphatic rings. The number of piperazine rings is 1. The Balaban J connectivity index is 1.60. The summed E-state index contributed by atoms with van der Waals surface area (Å²) < 4.78 is 27.2. The Morgan fingerprint density at radius 1 is 1.15 bits per heavy atom. The first-order chi connectivity index (χ1) is 13.0. The van der Waals surface area contributed by atoms with Crippen LogP contribution in [0, 0.1) is 11.3 Å². The van der Waals surface area contributed by atoms with Crippen molar-refractivity contribution in [2.45, 2.75) is 28.6 Å². The van der Waals surface area contributed by atoms with E-state index in [0.717, 1.165) is 6.54 Å². The van der Waals surface area contributed by atoms with Crippen LogP contribution in [-0.2, 0) is 16.6 Å². The summed E-state index contributed by atoms with van der Waals surface area (Å²) in [4.78, 5) is 6.66. The average Bonchev–Trinajstić information content (AvgIpc) is 2.69. The highest BCUT2D eigenvalue weighted by Gasteiger charge is 2.28. The molecule has 2 aromatic rings. The molecule has 0 aliphatic carbocycles. The van der Waals surface area contributed by atoms with Gasteiger partial charge in [-0.05, 0) is 24.6 Å². The number of thioether (sulfide) groups is 1. The number of nitrogens with zero attached hydrogens (tertiary/aromatic N) is 4. The van der Waals surface area contributed by atoms with E-state index in [-0.39, 0.29) is 10.1 Å². The molecule has 27 heavy (non-hydrogen) atoms. The van der Waals surface area contributed by atoms with Crippen molar-refractivity contribution in [3.05, 3.63) is 54.2 Å². The zero-order valence-corrected chi connectivity index (χ0v) is 16.8. The second-order valence-electron chi connectivity index (χ2n) is 6.39. The molecule has 0 spiro atoms. The predicted molar refractivity (Wildman–Crippen MR) is 106 cm³/mol. The highest BCUT2D eigenvalue weighted by molar-refractivity contribution is 8.00. The maximum absolute atomic E-state index is 12.9. The van der Waals surface area contributed by atoms with E-state index in [9.17, 15) is 8.42 Å². The number of sulfonamides is 1. The Bertz CT molecular complexity index is 888. The molecule has 3 rings (SSSR count). The number of hydrogen-bond donors (Lipinski definition) is 0. The number of hydrogen-bond acceptors (Lipinski definition) is 6. The number of aromatic nitrogens is 1. The van der Waals surface area contributed by atoms with Crippen LogP contribution in [0.4, 0.5) is 0 Å². The molecule has 0 unspecified atom stereocenters. The van der Waals surface area contributed by atoms with Crippen LogP contribution >= 0.6 is 11.8 Å². The van der Waals surface area contributed by atoms with E-state index in [1.54, 1.807) is 19.1 Å². The third kappa shape index (κ3) is 5.08. The van der Waals surface area contributed by atoms with Crippen LogP contribution in [-0.4, -0.2) is 54.0 Å². The molecule has 0 N–H and O–H groups in total. The Hall–Kier alpha value is -1.92. The van der Waals surface area contributed by atoms with Gasteiger partial charge in [0, 0.05) is 38.9 Å². The molecule has 0 radical (unpaired) electrons. The van der Waals surface area contributed by atoms with E-state index in [1.165, 1.54) is 27.8 Å². The lowest BCUT2D eigenvalue weighted by Gasteiger charge is -2.33. The average molecular weight is 403 g/mol. The lowest BCUT2D eigenvalue weighted by Crippen LogP contribution is -2.48. The van der Waals surface area contributed by atoms with Gasteiger partial charge in [-0.1, -0.05) is 42.1 Å². The molecule has 1 atom stereocenters. The molecule has 8 heteroatoms. The van der Waals surface area contributed by atoms with Crippen LogP contribution in [0.2, 0.25) is 0 Å². The first-order valence-corrected chi connectivity index (χ1v) is 11.1. The first kappa shape index (κ1) is 19.8. The van der Waals surface area contributed by atoms with E-state index in [1.807, 2.05) is 18.2 Å². The van der Waals surface area contributed by atoms with Gasteiger partial charge in [-0.15, -0.1) is 0 Å². The van der Waals surface area contributed by atoms with Crippen molar-refractivity contribution in [3.8, 4) is 6.07 Å². The summed E-state index contributed by atoms with van der Waals surface area (Å²) in [5.74, 6) is 0. The first-order valence-electron chi connectivity index (χ1n) is 8.78. The summed E-state index contributed by atoms with van der Waals surface area (Å²) in [6, 6.07) is 15.6. The standard InChI is InChI=1S/C19H22N4O2S2/c1-16(13-20)26-19-8-7-18(14-21-19)27(24,25)23-11-9-22(10-12-23)15-17-5-3-2-4-6-17/h2-8,14,16H,9-12,15H2,1H3/t16-/m1/s1. The Labute approximate surface area is 164 Å². The van der Waals surface area contributed by atoms with Gasteiger partial charge in [0.15, 0.2) is 0 Å². The molecule has 2 heterocycles. The largest absolute Gasteiger partial charge is 0.296 e. The topological polar surface area (TPSA) is 77.3 Å². The number of rotatable bonds is 6. The monoisotopic (exact) mass is 402 g/mol. The fourth-order valence-corrected chi connectivity index (χ4v) is 4.96. The van der Waals surface area contributed by atoms with Gasteiger partial charge in [-0.3, -0.25) is 4.90 Å². The molecule has 1 saturated heterocycles. The zero-order chi connectivity index (χ0) is 19.3. The van der Waals surface area contributed by atoms with E-state index < -0.39 is 10.0 Å². The zero-order valence-electron chi connectivity index (χ0n) is 15.2. The Kier molecular flexibility index (Phi) is 6.50. The van der Waals surface area contributed by atoms with Crippen LogP contribution in [0.25, 0.3) is 0 Å². The van der Waals surface area contributed by atoms with Crippen LogP contribution in [0.5, 0.6) is 0 Å². The van der Waals surface area contributed by atoms with Gasteiger partial charge in [0.2, 0.25) is 10.0 Å². The molecule has 142 valence electrons. The highest BCUT2D eigenvalue weighted by Crippen LogP contribution is 2.23. The molecule has 0 saturated carbocycles. The molecule has 1 aliphatic heterocycles. The van der Waals surface area contributed by atoms with Crippen molar-refractivity contribution < 1.29 is 8.42 Å². The summed E-state index contributed by atoms with van der Waals surface area (Å²) in [5, 5.41) is 9.28. The van der Waals surface area contributed by atoms with E-state index in [0.29, 0.717) is 31.2 Å². The van der Waals surface area contributed by atoms with E-state index >= 15 is 0 Å². The lowest BCUT2D eigenvalue weighted by atomic mass is 10.2. The van der Waals surface area contributed by atoms with Crippen molar-refractivity contribution in [2.24, 2.45) is 0 Å². The molecule has 1 fully saturated rings.